The van der Waals surface area contributed by atoms with Crippen LogP contribution in [0.3, 0.4) is 0 Å². The molecule has 4 heterocycles. The summed E-state index contributed by atoms with van der Waals surface area (Å²) in [6.07, 6.45) is -0.234. The molecule has 0 aromatic rings. The lowest BCUT2D eigenvalue weighted by Gasteiger charge is -2.54. The summed E-state index contributed by atoms with van der Waals surface area (Å²) >= 11 is 0. The highest BCUT2D eigenvalue weighted by molar-refractivity contribution is 6.05. The lowest BCUT2D eigenvalue weighted by Crippen LogP contribution is -2.71. The van der Waals surface area contributed by atoms with Crippen molar-refractivity contribution < 1.29 is 32.9 Å². The van der Waals surface area contributed by atoms with Gasteiger partial charge in [0, 0.05) is 23.0 Å². The van der Waals surface area contributed by atoms with Crippen LogP contribution in [0.1, 0.15) is 40.0 Å². The van der Waals surface area contributed by atoms with Gasteiger partial charge in [-0.25, -0.2) is 9.18 Å². The van der Waals surface area contributed by atoms with Gasteiger partial charge in [0.05, 0.1) is 0 Å². The number of carbonyl (C=O) groups excluding carboxylic acids is 2. The third-order valence-corrected chi connectivity index (χ3v) is 8.92. The van der Waals surface area contributed by atoms with Gasteiger partial charge in [-0.05, 0) is 18.8 Å². The van der Waals surface area contributed by atoms with Crippen LogP contribution in [0, 0.1) is 11.3 Å². The van der Waals surface area contributed by atoms with Crippen molar-refractivity contribution in [1.82, 2.24) is 0 Å². The summed E-state index contributed by atoms with van der Waals surface area (Å²) in [5.41, 5.74) is -4.75. The lowest BCUT2D eigenvalue weighted by atomic mass is 9.45. The van der Waals surface area contributed by atoms with Crippen LogP contribution in [0.2, 0.25) is 0 Å². The van der Waals surface area contributed by atoms with Crippen LogP contribution >= 0.6 is 0 Å². The minimum Gasteiger partial charge on any atom is -0.458 e. The Morgan fingerprint density at radius 1 is 1.15 bits per heavy atom. The molecule has 0 radical (unpaired) electrons. The Bertz CT molecular complexity index is 912. The first-order chi connectivity index (χ1) is 12.7. The van der Waals surface area contributed by atoms with Crippen molar-refractivity contribution in [3.63, 3.8) is 0 Å². The van der Waals surface area contributed by atoms with E-state index in [1.807, 2.05) is 20.8 Å². The molecule has 0 aromatic heterocycles. The molecule has 7 heteroatoms. The number of ether oxygens (including phenoxy) is 4. The van der Waals surface area contributed by atoms with Crippen molar-refractivity contribution in [3.05, 3.63) is 11.1 Å². The molecule has 0 bridgehead atoms. The highest BCUT2D eigenvalue weighted by atomic mass is 19.1. The van der Waals surface area contributed by atoms with Gasteiger partial charge in [0.1, 0.15) is 36.2 Å². The van der Waals surface area contributed by atoms with Crippen LogP contribution in [0.4, 0.5) is 4.39 Å². The zero-order valence-electron chi connectivity index (χ0n) is 15.5. The third-order valence-electron chi connectivity index (χ3n) is 8.92. The maximum Gasteiger partial charge on any atom is 0.334 e. The van der Waals surface area contributed by atoms with Crippen molar-refractivity contribution in [2.75, 3.05) is 6.61 Å². The van der Waals surface area contributed by atoms with Gasteiger partial charge in [0.2, 0.25) is 5.78 Å². The number of hydrogen-bond donors (Lipinski definition) is 0. The summed E-state index contributed by atoms with van der Waals surface area (Å²) in [4.78, 5) is 25.7. The topological polar surface area (TPSA) is 81.0 Å². The maximum absolute atomic E-state index is 16.8. The molecule has 0 amide bonds. The van der Waals surface area contributed by atoms with Gasteiger partial charge in [-0.1, -0.05) is 20.8 Å². The Labute approximate surface area is 155 Å². The number of carbonyl (C=O) groups is 2. The standard InChI is InChI=1S/C20H21FO6/c1-8(2)18-12(26-18)13-20(27-13)16(3)5-4-9-10(7-24-14(9)22)17(16,21)6-11-19(20,25-11)15(18)23/h8,11-13H,4-7H2,1-3H3/t11-,12-,13-,16-,17+,18-,19+,20+/m0/s1. The van der Waals surface area contributed by atoms with Gasteiger partial charge in [0.25, 0.3) is 0 Å². The fraction of sp³-hybridized carbons (Fsp3) is 0.800. The molecular weight excluding hydrogens is 355 g/mol. The second kappa shape index (κ2) is 3.76. The minimum absolute atomic E-state index is 0.00939. The van der Waals surface area contributed by atoms with Crippen LogP contribution in [0.25, 0.3) is 0 Å². The maximum atomic E-state index is 16.8. The molecule has 6 nitrogen and oxygen atoms in total. The average Bonchev–Trinajstić information content (AvgIpc) is 3.49. The van der Waals surface area contributed by atoms with E-state index < -0.39 is 40.0 Å². The molecule has 5 fully saturated rings. The molecule has 3 saturated heterocycles. The Morgan fingerprint density at radius 3 is 2.67 bits per heavy atom. The number of fused-ring (bicyclic) bond motifs is 4. The molecule has 4 aliphatic heterocycles. The van der Waals surface area contributed by atoms with Crippen LogP contribution in [-0.2, 0) is 28.5 Å². The summed E-state index contributed by atoms with van der Waals surface area (Å²) in [6, 6.07) is 0. The van der Waals surface area contributed by atoms with Crippen LogP contribution in [0.5, 0.6) is 0 Å². The van der Waals surface area contributed by atoms with Crippen molar-refractivity contribution in [1.29, 1.82) is 0 Å². The molecule has 7 rings (SSSR count). The predicted molar refractivity (Wildman–Crippen MR) is 86.4 cm³/mol. The molecule has 2 spiro atoms. The molecule has 0 aromatic carbocycles. The molecule has 0 unspecified atom stereocenters. The number of alkyl halides is 1. The van der Waals surface area contributed by atoms with Crippen molar-refractivity contribution in [3.8, 4) is 0 Å². The Balaban J connectivity index is 1.43. The number of ketones is 1. The number of Topliss-reactive ketones (excluding diaryl/α,β-unsaturated/α-hetero) is 1. The smallest absolute Gasteiger partial charge is 0.334 e. The van der Waals surface area contributed by atoms with Gasteiger partial charge in [-0.2, -0.15) is 0 Å². The fourth-order valence-corrected chi connectivity index (χ4v) is 7.36. The summed E-state index contributed by atoms with van der Waals surface area (Å²) in [6.45, 7) is 5.82. The Morgan fingerprint density at radius 2 is 1.93 bits per heavy atom. The summed E-state index contributed by atoms with van der Waals surface area (Å²) < 4.78 is 40.2. The second-order valence-electron chi connectivity index (χ2n) is 9.80. The normalized spacial score (nSPS) is 61.3. The minimum atomic E-state index is -1.76. The molecular formula is C20H21FO6. The molecule has 8 atom stereocenters. The molecule has 7 aliphatic rings. The number of cyclic esters (lactones) is 1. The van der Waals surface area contributed by atoms with E-state index in [1.54, 1.807) is 0 Å². The first kappa shape index (κ1) is 15.6. The molecule has 3 aliphatic carbocycles. The van der Waals surface area contributed by atoms with Gasteiger partial charge in [-0.15, -0.1) is 0 Å². The highest BCUT2D eigenvalue weighted by Crippen LogP contribution is 2.83. The Hall–Kier alpha value is -1.31. The van der Waals surface area contributed by atoms with Gasteiger partial charge < -0.3 is 18.9 Å². The molecule has 27 heavy (non-hydrogen) atoms. The average molecular weight is 376 g/mol. The number of hydrogen-bond acceptors (Lipinski definition) is 6. The van der Waals surface area contributed by atoms with Crippen LogP contribution in [0.15, 0.2) is 11.1 Å². The van der Waals surface area contributed by atoms with Crippen molar-refractivity contribution >= 4 is 11.8 Å². The highest BCUT2D eigenvalue weighted by Gasteiger charge is 3.02. The molecule has 0 N–H and O–H groups in total. The van der Waals surface area contributed by atoms with Crippen LogP contribution in [-0.4, -0.2) is 59.1 Å². The van der Waals surface area contributed by atoms with Gasteiger partial charge >= 0.3 is 5.97 Å². The van der Waals surface area contributed by atoms with Crippen LogP contribution < -0.4 is 0 Å². The first-order valence-electron chi connectivity index (χ1n) is 9.87. The van der Waals surface area contributed by atoms with E-state index in [4.69, 9.17) is 18.9 Å². The number of esters is 1. The molecule has 144 valence electrons. The van der Waals surface area contributed by atoms with Crippen molar-refractivity contribution in [2.45, 2.75) is 80.8 Å². The number of epoxide rings is 3. The number of halogens is 1. The monoisotopic (exact) mass is 376 g/mol. The quantitative estimate of drug-likeness (QED) is 0.508. The zero-order chi connectivity index (χ0) is 18.8. The summed E-state index contributed by atoms with van der Waals surface area (Å²) in [7, 11) is 0. The fourth-order valence-electron chi connectivity index (χ4n) is 7.36. The van der Waals surface area contributed by atoms with Gasteiger partial charge in [0.15, 0.2) is 11.2 Å². The second-order valence-corrected chi connectivity index (χ2v) is 9.80. The zero-order valence-corrected chi connectivity index (χ0v) is 15.5. The largest absolute Gasteiger partial charge is 0.458 e. The lowest BCUT2D eigenvalue weighted by molar-refractivity contribution is -0.145. The van der Waals surface area contributed by atoms with E-state index in [2.05, 4.69) is 0 Å². The third kappa shape index (κ3) is 1.16. The molecule has 2 saturated carbocycles. The number of rotatable bonds is 1. The van der Waals surface area contributed by atoms with E-state index in [0.717, 1.165) is 0 Å². The van der Waals surface area contributed by atoms with Gasteiger partial charge in [-0.3, -0.25) is 4.79 Å². The van der Waals surface area contributed by atoms with E-state index in [0.29, 0.717) is 24.0 Å². The summed E-state index contributed by atoms with van der Waals surface area (Å²) in [5, 5.41) is 0. The van der Waals surface area contributed by atoms with E-state index in [1.165, 1.54) is 0 Å². The van der Waals surface area contributed by atoms with E-state index in [-0.39, 0.29) is 36.9 Å². The Kier molecular flexibility index (Phi) is 2.17. The summed E-state index contributed by atoms with van der Waals surface area (Å²) in [5.74, 6) is -0.453. The van der Waals surface area contributed by atoms with E-state index in [9.17, 15) is 9.59 Å². The van der Waals surface area contributed by atoms with E-state index >= 15 is 4.39 Å². The first-order valence-corrected chi connectivity index (χ1v) is 9.87. The predicted octanol–water partition coefficient (Wildman–Crippen LogP) is 1.40. The SMILES string of the molecule is CC(C)[C@]12O[C@H]1[C@@H]1O[C@@]13[C@@]1(C)CCC4=C(COC4=O)[C@]1(F)C[C@@H]1O[C@@]13C2=O. The van der Waals surface area contributed by atoms with Crippen molar-refractivity contribution in [2.24, 2.45) is 11.3 Å².